The molecule has 0 amide bonds. The third kappa shape index (κ3) is 2.06. The van der Waals surface area contributed by atoms with Crippen molar-refractivity contribution in [2.75, 3.05) is 0 Å². The number of pyridine rings is 1. The van der Waals surface area contributed by atoms with Crippen molar-refractivity contribution in [2.45, 2.75) is 13.8 Å². The Bertz CT molecular complexity index is 311. The molecule has 0 atom stereocenters. The van der Waals surface area contributed by atoms with Crippen LogP contribution in [0.15, 0.2) is 30.9 Å². The van der Waals surface area contributed by atoms with Gasteiger partial charge in [-0.1, -0.05) is 24.8 Å². The minimum atomic E-state index is 1.02. The second kappa shape index (κ2) is 3.86. The van der Waals surface area contributed by atoms with Gasteiger partial charge in [-0.15, -0.1) is 0 Å². The summed E-state index contributed by atoms with van der Waals surface area (Å²) in [6, 6.07) is 4.09. The summed E-state index contributed by atoms with van der Waals surface area (Å²) in [5.41, 5.74) is 3.26. The number of allylic oxidation sites excluding steroid dienone is 2. The fourth-order valence-electron chi connectivity index (χ4n) is 0.974. The molecule has 1 aromatic heterocycles. The Kier molecular flexibility index (Phi) is 2.81. The first kappa shape index (κ1) is 8.72. The van der Waals surface area contributed by atoms with E-state index < -0.39 is 0 Å². The molecule has 0 radical (unpaired) electrons. The number of hydrogen-bond acceptors (Lipinski definition) is 1. The van der Waals surface area contributed by atoms with Gasteiger partial charge in [0, 0.05) is 5.69 Å². The Morgan fingerprint density at radius 2 is 2.08 bits per heavy atom. The van der Waals surface area contributed by atoms with Crippen LogP contribution in [-0.4, -0.2) is 4.98 Å². The molecule has 0 aromatic carbocycles. The monoisotopic (exact) mass is 159 g/mol. The van der Waals surface area contributed by atoms with Crippen LogP contribution in [0, 0.1) is 13.8 Å². The topological polar surface area (TPSA) is 12.9 Å². The zero-order valence-corrected chi connectivity index (χ0v) is 7.54. The summed E-state index contributed by atoms with van der Waals surface area (Å²) in [7, 11) is 0. The van der Waals surface area contributed by atoms with Gasteiger partial charge >= 0.3 is 0 Å². The van der Waals surface area contributed by atoms with Gasteiger partial charge in [0.25, 0.3) is 0 Å². The largest absolute Gasteiger partial charge is 0.253 e. The Balaban J connectivity index is 3.04. The van der Waals surface area contributed by atoms with Crippen LogP contribution in [-0.2, 0) is 0 Å². The average Bonchev–Trinajstić information content (AvgIpc) is 2.07. The van der Waals surface area contributed by atoms with Gasteiger partial charge in [0.2, 0.25) is 0 Å². The molecule has 0 bridgehead atoms. The van der Waals surface area contributed by atoms with Crippen molar-refractivity contribution in [3.8, 4) is 0 Å². The van der Waals surface area contributed by atoms with Crippen molar-refractivity contribution in [1.82, 2.24) is 4.98 Å². The maximum absolute atomic E-state index is 4.38. The van der Waals surface area contributed by atoms with Gasteiger partial charge in [0.05, 0.1) is 5.69 Å². The van der Waals surface area contributed by atoms with E-state index in [2.05, 4.69) is 24.6 Å². The lowest BCUT2D eigenvalue weighted by Crippen LogP contribution is -1.88. The molecule has 0 saturated carbocycles. The van der Waals surface area contributed by atoms with Gasteiger partial charge in [-0.2, -0.15) is 0 Å². The van der Waals surface area contributed by atoms with Crippen LogP contribution in [0.1, 0.15) is 17.0 Å². The van der Waals surface area contributed by atoms with Crippen molar-refractivity contribution in [2.24, 2.45) is 0 Å². The molecule has 0 saturated heterocycles. The zero-order chi connectivity index (χ0) is 8.97. The minimum absolute atomic E-state index is 1.02. The molecule has 1 aromatic rings. The molecular weight excluding hydrogens is 146 g/mol. The van der Waals surface area contributed by atoms with E-state index in [1.54, 1.807) is 6.08 Å². The third-order valence-electron chi connectivity index (χ3n) is 1.67. The van der Waals surface area contributed by atoms with Crippen molar-refractivity contribution in [3.63, 3.8) is 0 Å². The van der Waals surface area contributed by atoms with E-state index in [1.165, 1.54) is 5.56 Å². The zero-order valence-electron chi connectivity index (χ0n) is 7.54. The molecule has 0 aliphatic rings. The van der Waals surface area contributed by atoms with Crippen molar-refractivity contribution >= 4 is 6.08 Å². The highest BCUT2D eigenvalue weighted by Gasteiger charge is 1.94. The van der Waals surface area contributed by atoms with E-state index in [4.69, 9.17) is 0 Å². The highest BCUT2D eigenvalue weighted by Crippen LogP contribution is 2.07. The summed E-state index contributed by atoms with van der Waals surface area (Å²) >= 11 is 0. The maximum Gasteiger partial charge on any atom is 0.0661 e. The predicted octanol–water partition coefficient (Wildman–Crippen LogP) is 2.90. The quantitative estimate of drug-likeness (QED) is 0.604. The second-order valence-corrected chi connectivity index (χ2v) is 2.75. The summed E-state index contributed by atoms with van der Waals surface area (Å²) in [5.74, 6) is 0. The fourth-order valence-corrected chi connectivity index (χ4v) is 0.974. The number of hydrogen-bond donors (Lipinski definition) is 0. The second-order valence-electron chi connectivity index (χ2n) is 2.75. The molecule has 1 heteroatoms. The predicted molar refractivity (Wildman–Crippen MR) is 52.9 cm³/mol. The number of aromatic nitrogens is 1. The van der Waals surface area contributed by atoms with Gasteiger partial charge in [0.1, 0.15) is 0 Å². The van der Waals surface area contributed by atoms with Gasteiger partial charge in [0.15, 0.2) is 0 Å². The first-order valence-electron chi connectivity index (χ1n) is 3.97. The molecule has 1 heterocycles. The van der Waals surface area contributed by atoms with E-state index >= 15 is 0 Å². The first-order valence-corrected chi connectivity index (χ1v) is 3.97. The molecule has 0 unspecified atom stereocenters. The van der Waals surface area contributed by atoms with Gasteiger partial charge in [-0.3, -0.25) is 4.98 Å². The molecule has 0 aliphatic carbocycles. The number of aryl methyl sites for hydroxylation is 2. The SMILES string of the molecule is C=C/C=C\c1nc(C)ccc1C. The Morgan fingerprint density at radius 1 is 1.33 bits per heavy atom. The normalized spacial score (nSPS) is 10.5. The summed E-state index contributed by atoms with van der Waals surface area (Å²) in [4.78, 5) is 4.38. The Labute approximate surface area is 73.5 Å². The number of rotatable bonds is 2. The average molecular weight is 159 g/mol. The molecule has 0 aliphatic heterocycles. The molecule has 0 spiro atoms. The van der Waals surface area contributed by atoms with E-state index in [9.17, 15) is 0 Å². The fraction of sp³-hybridized carbons (Fsp3) is 0.182. The lowest BCUT2D eigenvalue weighted by Gasteiger charge is -1.99. The van der Waals surface area contributed by atoms with Crippen LogP contribution in [0.5, 0.6) is 0 Å². The molecule has 0 fully saturated rings. The molecule has 12 heavy (non-hydrogen) atoms. The van der Waals surface area contributed by atoms with E-state index in [-0.39, 0.29) is 0 Å². The third-order valence-corrected chi connectivity index (χ3v) is 1.67. The Hall–Kier alpha value is -1.37. The summed E-state index contributed by atoms with van der Waals surface area (Å²) in [6.45, 7) is 7.65. The van der Waals surface area contributed by atoms with Crippen LogP contribution in [0.4, 0.5) is 0 Å². The standard InChI is InChI=1S/C11H13N/c1-4-5-6-11-9(2)7-8-10(3)12-11/h4-8H,1H2,2-3H3/b6-5-. The summed E-state index contributed by atoms with van der Waals surface area (Å²) in [5, 5.41) is 0. The van der Waals surface area contributed by atoms with Gasteiger partial charge in [-0.25, -0.2) is 0 Å². The van der Waals surface area contributed by atoms with Crippen molar-refractivity contribution in [3.05, 3.63) is 47.8 Å². The smallest absolute Gasteiger partial charge is 0.0661 e. The summed E-state index contributed by atoms with van der Waals surface area (Å²) < 4.78 is 0. The van der Waals surface area contributed by atoms with Crippen LogP contribution >= 0.6 is 0 Å². The van der Waals surface area contributed by atoms with Gasteiger partial charge in [-0.05, 0) is 31.6 Å². The molecular formula is C11H13N. The minimum Gasteiger partial charge on any atom is -0.253 e. The van der Waals surface area contributed by atoms with Crippen LogP contribution in [0.3, 0.4) is 0 Å². The molecule has 62 valence electrons. The molecule has 1 rings (SSSR count). The van der Waals surface area contributed by atoms with Gasteiger partial charge < -0.3 is 0 Å². The summed E-state index contributed by atoms with van der Waals surface area (Å²) in [6.07, 6.45) is 5.62. The van der Waals surface area contributed by atoms with E-state index in [0.717, 1.165) is 11.4 Å². The van der Waals surface area contributed by atoms with Crippen LogP contribution < -0.4 is 0 Å². The van der Waals surface area contributed by atoms with E-state index in [0.29, 0.717) is 0 Å². The Morgan fingerprint density at radius 3 is 2.75 bits per heavy atom. The van der Waals surface area contributed by atoms with Crippen LogP contribution in [0.25, 0.3) is 6.08 Å². The first-order chi connectivity index (χ1) is 5.74. The lowest BCUT2D eigenvalue weighted by atomic mass is 10.2. The highest BCUT2D eigenvalue weighted by atomic mass is 14.7. The van der Waals surface area contributed by atoms with Crippen molar-refractivity contribution in [1.29, 1.82) is 0 Å². The maximum atomic E-state index is 4.38. The highest BCUT2D eigenvalue weighted by molar-refractivity contribution is 5.50. The van der Waals surface area contributed by atoms with Crippen LogP contribution in [0.2, 0.25) is 0 Å². The molecule has 0 N–H and O–H groups in total. The van der Waals surface area contributed by atoms with E-state index in [1.807, 2.05) is 25.1 Å². The lowest BCUT2D eigenvalue weighted by molar-refractivity contribution is 1.15. The molecule has 1 nitrogen and oxygen atoms in total. The number of nitrogens with zero attached hydrogens (tertiary/aromatic N) is 1. The van der Waals surface area contributed by atoms with Crippen molar-refractivity contribution < 1.29 is 0 Å².